The Morgan fingerprint density at radius 2 is 1.61 bits per heavy atom. The van der Waals surface area contributed by atoms with E-state index in [1.165, 1.54) is 0 Å². The van der Waals surface area contributed by atoms with Gasteiger partial charge in [-0.15, -0.1) is 0 Å². The topological polar surface area (TPSA) is 84.8 Å². The van der Waals surface area contributed by atoms with Gasteiger partial charge in [-0.2, -0.15) is 5.10 Å². The Morgan fingerprint density at radius 3 is 2.36 bits per heavy atom. The van der Waals surface area contributed by atoms with Crippen LogP contribution in [0.25, 0.3) is 38.9 Å². The van der Waals surface area contributed by atoms with E-state index in [0.717, 1.165) is 50.1 Å². The third-order valence-electron chi connectivity index (χ3n) is 8.11. The minimum atomic E-state index is -0.177. The maximum atomic E-state index is 14.2. The number of aromatic amines is 1. The van der Waals surface area contributed by atoms with Gasteiger partial charge in [0, 0.05) is 35.1 Å². The van der Waals surface area contributed by atoms with Crippen LogP contribution < -0.4 is 10.1 Å². The molecule has 2 N–H and O–H groups in total. The Balaban J connectivity index is 1.31. The quantitative estimate of drug-likeness (QED) is 0.197. The molecule has 4 aromatic carbocycles. The summed E-state index contributed by atoms with van der Waals surface area (Å²) in [5.41, 5.74) is 7.69. The molecule has 0 aliphatic rings. The van der Waals surface area contributed by atoms with E-state index in [9.17, 15) is 4.79 Å². The van der Waals surface area contributed by atoms with Gasteiger partial charge >= 0.3 is 0 Å². The molecule has 216 valence electrons. The number of hydrogen-bond donors (Lipinski definition) is 2. The molecule has 0 aliphatic carbocycles. The van der Waals surface area contributed by atoms with Crippen molar-refractivity contribution >= 4 is 27.8 Å². The number of amides is 1. The van der Waals surface area contributed by atoms with Crippen molar-refractivity contribution in [2.24, 2.45) is 0 Å². The van der Waals surface area contributed by atoms with Gasteiger partial charge < -0.3 is 15.0 Å². The molecule has 0 saturated heterocycles. The summed E-state index contributed by atoms with van der Waals surface area (Å²) >= 11 is 0. The number of aryl methyl sites for hydroxylation is 1. The lowest BCUT2D eigenvalue weighted by molar-refractivity contribution is 0.0954. The monoisotopic (exact) mass is 577 g/mol. The zero-order valence-electron chi connectivity index (χ0n) is 24.5. The highest BCUT2D eigenvalue weighted by atomic mass is 16.5. The number of methoxy groups -OCH3 is 1. The number of fused-ring (bicyclic) bond motifs is 2. The van der Waals surface area contributed by atoms with Crippen LogP contribution in [-0.2, 0) is 0 Å². The van der Waals surface area contributed by atoms with Crippen LogP contribution in [0.15, 0.2) is 121 Å². The molecule has 0 saturated carbocycles. The lowest BCUT2D eigenvalue weighted by Gasteiger charge is -2.19. The zero-order chi connectivity index (χ0) is 30.0. The van der Waals surface area contributed by atoms with E-state index < -0.39 is 0 Å². The summed E-state index contributed by atoms with van der Waals surface area (Å²) in [5.74, 6) is 0.512. The summed E-state index contributed by atoms with van der Waals surface area (Å²) in [7, 11) is 1.66. The fourth-order valence-electron chi connectivity index (χ4n) is 5.89. The largest absolute Gasteiger partial charge is 0.497 e. The second-order valence-electron chi connectivity index (χ2n) is 10.8. The van der Waals surface area contributed by atoms with Crippen LogP contribution >= 0.6 is 0 Å². The van der Waals surface area contributed by atoms with Gasteiger partial charge in [-0.1, -0.05) is 78.9 Å². The van der Waals surface area contributed by atoms with Gasteiger partial charge in [0.05, 0.1) is 35.1 Å². The van der Waals surface area contributed by atoms with E-state index in [1.807, 2.05) is 109 Å². The molecule has 0 spiro atoms. The predicted molar refractivity (Wildman–Crippen MR) is 175 cm³/mol. The van der Waals surface area contributed by atoms with Gasteiger partial charge in [0.1, 0.15) is 5.75 Å². The van der Waals surface area contributed by atoms with Gasteiger partial charge in [0.2, 0.25) is 0 Å². The van der Waals surface area contributed by atoms with Crippen LogP contribution in [0.5, 0.6) is 5.75 Å². The molecule has 3 aromatic heterocycles. The SMILES string of the molecule is COc1ccc(C(CNC(=O)c2cc(-c3ccccc3)nc3c2c(C)nn3-c2ccccc2)c2c[nH]c3ccccc23)cc1. The molecule has 7 rings (SSSR count). The van der Waals surface area contributed by atoms with Crippen molar-refractivity contribution in [3.63, 3.8) is 0 Å². The molecular weight excluding hydrogens is 546 g/mol. The molecular formula is C37H31N5O2. The number of nitrogens with zero attached hydrogens (tertiary/aromatic N) is 3. The molecule has 0 radical (unpaired) electrons. The highest BCUT2D eigenvalue weighted by Gasteiger charge is 2.24. The fraction of sp³-hybridized carbons (Fsp3) is 0.108. The first-order valence-electron chi connectivity index (χ1n) is 14.6. The number of aromatic nitrogens is 4. The van der Waals surface area contributed by atoms with Gasteiger partial charge in [-0.25, -0.2) is 9.67 Å². The summed E-state index contributed by atoms with van der Waals surface area (Å²) in [6.07, 6.45) is 2.04. The van der Waals surface area contributed by atoms with Crippen LogP contribution in [-0.4, -0.2) is 39.3 Å². The maximum Gasteiger partial charge on any atom is 0.252 e. The van der Waals surface area contributed by atoms with E-state index in [4.69, 9.17) is 14.8 Å². The second-order valence-corrected chi connectivity index (χ2v) is 10.8. The average Bonchev–Trinajstić information content (AvgIpc) is 3.66. The first-order valence-corrected chi connectivity index (χ1v) is 14.6. The number of H-pyrrole nitrogens is 1. The third kappa shape index (κ3) is 4.98. The average molecular weight is 578 g/mol. The van der Waals surface area contributed by atoms with E-state index in [0.29, 0.717) is 23.4 Å². The van der Waals surface area contributed by atoms with Crippen LogP contribution in [0.3, 0.4) is 0 Å². The van der Waals surface area contributed by atoms with E-state index in [-0.39, 0.29) is 11.8 Å². The Bertz CT molecular complexity index is 2080. The molecule has 7 nitrogen and oxygen atoms in total. The first-order chi connectivity index (χ1) is 21.6. The summed E-state index contributed by atoms with van der Waals surface area (Å²) in [6, 6.07) is 38.0. The molecule has 7 aromatic rings. The fourth-order valence-corrected chi connectivity index (χ4v) is 5.89. The zero-order valence-corrected chi connectivity index (χ0v) is 24.5. The van der Waals surface area contributed by atoms with Crippen LogP contribution in [0, 0.1) is 6.92 Å². The first kappa shape index (κ1) is 27.2. The Kier molecular flexibility index (Phi) is 7.12. The third-order valence-corrected chi connectivity index (χ3v) is 8.11. The van der Waals surface area contributed by atoms with E-state index >= 15 is 0 Å². The highest BCUT2D eigenvalue weighted by molar-refractivity contribution is 6.07. The van der Waals surface area contributed by atoms with Crippen molar-refractivity contribution in [3.8, 4) is 22.7 Å². The number of nitrogens with one attached hydrogen (secondary N) is 2. The predicted octanol–water partition coefficient (Wildman–Crippen LogP) is 7.45. The molecule has 0 fully saturated rings. The Hall–Kier alpha value is -5.69. The van der Waals surface area contributed by atoms with Gasteiger partial charge in [0.25, 0.3) is 5.91 Å². The van der Waals surface area contributed by atoms with Crippen molar-refractivity contribution in [1.29, 1.82) is 0 Å². The molecule has 1 atom stereocenters. The van der Waals surface area contributed by atoms with Crippen LogP contribution in [0.1, 0.15) is 33.1 Å². The Morgan fingerprint density at radius 1 is 0.909 bits per heavy atom. The van der Waals surface area contributed by atoms with Gasteiger partial charge in [-0.3, -0.25) is 4.79 Å². The lowest BCUT2D eigenvalue weighted by atomic mass is 9.90. The normalized spacial score (nSPS) is 12.0. The number of para-hydroxylation sites is 2. The van der Waals surface area contributed by atoms with Gasteiger partial charge in [0.15, 0.2) is 5.65 Å². The van der Waals surface area contributed by atoms with Crippen molar-refractivity contribution in [2.45, 2.75) is 12.8 Å². The number of hydrogen-bond acceptors (Lipinski definition) is 4. The summed E-state index contributed by atoms with van der Waals surface area (Å²) in [6.45, 7) is 2.32. The molecule has 3 heterocycles. The molecule has 0 bridgehead atoms. The molecule has 7 heteroatoms. The number of carbonyl (C=O) groups is 1. The summed E-state index contributed by atoms with van der Waals surface area (Å²) in [5, 5.41) is 9.97. The Labute approximate surface area is 255 Å². The number of carbonyl (C=O) groups excluding carboxylic acids is 1. The molecule has 44 heavy (non-hydrogen) atoms. The number of ether oxygens (including phenoxy) is 1. The van der Waals surface area contributed by atoms with E-state index in [1.54, 1.807) is 7.11 Å². The van der Waals surface area contributed by atoms with Gasteiger partial charge in [-0.05, 0) is 54.4 Å². The second kappa shape index (κ2) is 11.5. The lowest BCUT2D eigenvalue weighted by Crippen LogP contribution is -2.29. The smallest absolute Gasteiger partial charge is 0.252 e. The van der Waals surface area contributed by atoms with Crippen molar-refractivity contribution < 1.29 is 9.53 Å². The molecule has 1 amide bonds. The van der Waals surface area contributed by atoms with Crippen molar-refractivity contribution in [3.05, 3.63) is 144 Å². The number of rotatable bonds is 8. The minimum Gasteiger partial charge on any atom is -0.497 e. The standard InChI is InChI=1S/C37H31N5O2/c1-24-35-30(21-34(26-11-5-3-6-12-26)40-36(35)42(41-24)27-13-7-4-8-14-27)37(43)39-22-31(25-17-19-28(44-2)20-18-25)32-23-38-33-16-10-9-15-29(32)33/h3-21,23,31,38H,22H2,1-2H3,(H,39,43). The summed E-state index contributed by atoms with van der Waals surface area (Å²) < 4.78 is 7.23. The molecule has 0 aliphatic heterocycles. The summed E-state index contributed by atoms with van der Waals surface area (Å²) in [4.78, 5) is 22.6. The van der Waals surface area contributed by atoms with Crippen molar-refractivity contribution in [2.75, 3.05) is 13.7 Å². The maximum absolute atomic E-state index is 14.2. The highest BCUT2D eigenvalue weighted by Crippen LogP contribution is 2.33. The number of pyridine rings is 1. The number of benzene rings is 4. The van der Waals surface area contributed by atoms with E-state index in [2.05, 4.69) is 34.6 Å². The van der Waals surface area contributed by atoms with Crippen LogP contribution in [0.2, 0.25) is 0 Å². The minimum absolute atomic E-state index is 0.0972. The van der Waals surface area contributed by atoms with Crippen molar-refractivity contribution in [1.82, 2.24) is 25.1 Å². The van der Waals surface area contributed by atoms with Crippen LogP contribution in [0.4, 0.5) is 0 Å². The molecule has 1 unspecified atom stereocenters.